The summed E-state index contributed by atoms with van der Waals surface area (Å²) in [4.78, 5) is 52.8. The number of aromatic nitrogens is 4. The Morgan fingerprint density at radius 3 is 1.74 bits per heavy atom. The van der Waals surface area contributed by atoms with E-state index in [1.807, 2.05) is 0 Å². The number of esters is 3. The van der Waals surface area contributed by atoms with Crippen LogP contribution in [0.1, 0.15) is 31.1 Å². The van der Waals surface area contributed by atoms with Gasteiger partial charge in [0.25, 0.3) is 0 Å². The van der Waals surface area contributed by atoms with Crippen LogP contribution in [0.15, 0.2) is 104 Å². The number of imidazole rings is 1. The van der Waals surface area contributed by atoms with E-state index in [4.69, 9.17) is 35.3 Å². The zero-order valence-corrected chi connectivity index (χ0v) is 25.1. The zero-order valence-electron chi connectivity index (χ0n) is 24.3. The number of hydrogen-bond donors (Lipinski definition) is 0. The number of rotatable bonds is 9. The summed E-state index contributed by atoms with van der Waals surface area (Å²) in [6, 6.07) is 24.8. The van der Waals surface area contributed by atoms with Crippen LogP contribution in [0.2, 0.25) is 5.15 Å². The molecule has 6 rings (SSSR count). The van der Waals surface area contributed by atoms with E-state index in [9.17, 15) is 14.4 Å². The SMILES string of the molecule is CO[C@H]1O[C@H](Cn2cnc3ncnc(Cl)c32)[C@@H](OC(=O)c2ccccc2)[C@H](OC(=O)c2ccccc2)[C@H]1OC(=O)c1ccccc1. The van der Waals surface area contributed by atoms with Crippen LogP contribution in [0, 0.1) is 0 Å². The lowest BCUT2D eigenvalue weighted by Crippen LogP contribution is -2.62. The molecular weight excluding hydrogens is 616 g/mol. The molecule has 0 amide bonds. The van der Waals surface area contributed by atoms with Crippen molar-refractivity contribution in [1.29, 1.82) is 0 Å². The van der Waals surface area contributed by atoms with Gasteiger partial charge in [-0.3, -0.25) is 0 Å². The molecule has 0 aliphatic carbocycles. The monoisotopic (exact) mass is 642 g/mol. The van der Waals surface area contributed by atoms with Crippen molar-refractivity contribution in [2.45, 2.75) is 37.3 Å². The van der Waals surface area contributed by atoms with Crippen molar-refractivity contribution in [2.24, 2.45) is 0 Å². The van der Waals surface area contributed by atoms with E-state index in [-0.39, 0.29) is 28.4 Å². The molecule has 0 bridgehead atoms. The average molecular weight is 643 g/mol. The van der Waals surface area contributed by atoms with Crippen LogP contribution in [0.25, 0.3) is 11.2 Å². The van der Waals surface area contributed by atoms with Crippen LogP contribution in [-0.4, -0.2) is 75.2 Å². The Bertz CT molecular complexity index is 1820. The van der Waals surface area contributed by atoms with E-state index in [0.717, 1.165) is 0 Å². The van der Waals surface area contributed by atoms with Gasteiger partial charge in [0.15, 0.2) is 35.4 Å². The standard InChI is InChI=1S/C33H27ClN4O8/c1-42-33-27(46-32(41)22-15-9-4-10-16-22)26(45-31(40)21-13-7-3-8-14-21)25(44-30(39)20-11-5-2-6-12-20)23(43-33)17-38-19-37-29-24(38)28(34)35-18-36-29/h2-16,18-19,23,25-27,33H,17H2,1H3/t23-,25-,26+,27-,33+/m1/s1. The fourth-order valence-corrected chi connectivity index (χ4v) is 5.36. The van der Waals surface area contributed by atoms with E-state index in [1.54, 1.807) is 95.6 Å². The molecule has 12 nitrogen and oxygen atoms in total. The van der Waals surface area contributed by atoms with Crippen molar-refractivity contribution in [3.05, 3.63) is 125 Å². The van der Waals surface area contributed by atoms with Crippen molar-refractivity contribution < 1.29 is 38.1 Å². The quantitative estimate of drug-likeness (QED) is 0.127. The highest BCUT2D eigenvalue weighted by atomic mass is 35.5. The van der Waals surface area contributed by atoms with Crippen molar-refractivity contribution in [3.8, 4) is 0 Å². The Labute approximate surface area is 267 Å². The van der Waals surface area contributed by atoms with Crippen molar-refractivity contribution >= 4 is 40.7 Å². The minimum absolute atomic E-state index is 0.0189. The lowest BCUT2D eigenvalue weighted by Gasteiger charge is -2.44. The summed E-state index contributed by atoms with van der Waals surface area (Å²) in [7, 11) is 1.36. The van der Waals surface area contributed by atoms with Gasteiger partial charge in [0, 0.05) is 7.11 Å². The summed E-state index contributed by atoms with van der Waals surface area (Å²) in [6.07, 6.45) is -3.58. The summed E-state index contributed by atoms with van der Waals surface area (Å²) >= 11 is 6.39. The molecular formula is C33H27ClN4O8. The Morgan fingerprint density at radius 2 is 1.22 bits per heavy atom. The van der Waals surface area contributed by atoms with Gasteiger partial charge in [0.05, 0.1) is 29.6 Å². The molecule has 46 heavy (non-hydrogen) atoms. The number of carbonyl (C=O) groups excluding carboxylic acids is 3. The highest BCUT2D eigenvalue weighted by Gasteiger charge is 2.53. The second kappa shape index (κ2) is 13.9. The smallest absolute Gasteiger partial charge is 0.338 e. The number of methoxy groups -OCH3 is 1. The fraction of sp³-hybridized carbons (Fsp3) is 0.212. The summed E-state index contributed by atoms with van der Waals surface area (Å²) in [5, 5.41) is 0.140. The number of hydrogen-bond acceptors (Lipinski definition) is 11. The maximum absolute atomic E-state index is 13.5. The molecule has 13 heteroatoms. The van der Waals surface area contributed by atoms with E-state index >= 15 is 0 Å². The first-order chi connectivity index (χ1) is 22.4. The van der Waals surface area contributed by atoms with Gasteiger partial charge in [0.2, 0.25) is 0 Å². The minimum Gasteiger partial charge on any atom is -0.452 e. The van der Waals surface area contributed by atoms with Crippen molar-refractivity contribution in [1.82, 2.24) is 19.5 Å². The second-order valence-corrected chi connectivity index (χ2v) is 10.6. The molecule has 5 aromatic rings. The third-order valence-electron chi connectivity index (χ3n) is 7.32. The lowest BCUT2D eigenvalue weighted by molar-refractivity contribution is -0.289. The number of benzene rings is 3. The molecule has 0 N–H and O–H groups in total. The van der Waals surface area contributed by atoms with Crippen molar-refractivity contribution in [2.75, 3.05) is 7.11 Å². The van der Waals surface area contributed by atoms with Gasteiger partial charge in [-0.25, -0.2) is 29.3 Å². The maximum atomic E-state index is 13.5. The predicted octanol–water partition coefficient (Wildman–Crippen LogP) is 4.53. The zero-order chi connectivity index (χ0) is 32.0. The molecule has 1 fully saturated rings. The molecule has 3 aromatic carbocycles. The van der Waals surface area contributed by atoms with Crippen LogP contribution in [0.5, 0.6) is 0 Å². The number of halogens is 1. The van der Waals surface area contributed by atoms with Crippen molar-refractivity contribution in [3.63, 3.8) is 0 Å². The first kappa shape index (κ1) is 30.8. The summed E-state index contributed by atoms with van der Waals surface area (Å²) in [6.45, 7) is -0.0189. The van der Waals surface area contributed by atoms with Gasteiger partial charge in [-0.2, -0.15) is 0 Å². The largest absolute Gasteiger partial charge is 0.452 e. The third-order valence-corrected chi connectivity index (χ3v) is 7.60. The number of fused-ring (bicyclic) bond motifs is 1. The van der Waals surface area contributed by atoms with Gasteiger partial charge in [-0.1, -0.05) is 66.2 Å². The molecule has 0 saturated carbocycles. The normalized spacial score (nSPS) is 21.0. The van der Waals surface area contributed by atoms with Gasteiger partial charge in [0.1, 0.15) is 17.9 Å². The molecule has 0 radical (unpaired) electrons. The topological polar surface area (TPSA) is 141 Å². The van der Waals surface area contributed by atoms with Crippen LogP contribution in [-0.2, 0) is 30.2 Å². The summed E-state index contributed by atoms with van der Waals surface area (Å²) < 4.78 is 31.6. The highest BCUT2D eigenvalue weighted by molar-refractivity contribution is 6.33. The molecule has 3 heterocycles. The van der Waals surface area contributed by atoms with Gasteiger partial charge in [-0.05, 0) is 36.4 Å². The fourth-order valence-electron chi connectivity index (χ4n) is 5.12. The molecule has 234 valence electrons. The molecule has 1 saturated heterocycles. The lowest BCUT2D eigenvalue weighted by atomic mass is 9.97. The molecule has 2 aromatic heterocycles. The number of nitrogens with zero attached hydrogens (tertiary/aromatic N) is 4. The van der Waals surface area contributed by atoms with Gasteiger partial charge >= 0.3 is 17.9 Å². The third kappa shape index (κ3) is 6.59. The number of carbonyl (C=O) groups is 3. The Balaban J connectivity index is 1.42. The molecule has 0 spiro atoms. The van der Waals surface area contributed by atoms with E-state index in [1.165, 1.54) is 19.8 Å². The van der Waals surface area contributed by atoms with E-state index < -0.39 is 48.6 Å². The maximum Gasteiger partial charge on any atom is 0.338 e. The molecule has 5 atom stereocenters. The first-order valence-corrected chi connectivity index (χ1v) is 14.6. The summed E-state index contributed by atoms with van der Waals surface area (Å²) in [5.41, 5.74) is 1.45. The van der Waals surface area contributed by atoms with Crippen LogP contribution in [0.3, 0.4) is 0 Å². The Kier molecular flexibility index (Phi) is 9.29. The minimum atomic E-state index is -1.39. The predicted molar refractivity (Wildman–Crippen MR) is 163 cm³/mol. The highest BCUT2D eigenvalue weighted by Crippen LogP contribution is 2.32. The van der Waals surface area contributed by atoms with E-state index in [2.05, 4.69) is 15.0 Å². The average Bonchev–Trinajstić information content (AvgIpc) is 3.51. The molecule has 1 aliphatic heterocycles. The van der Waals surface area contributed by atoms with Crippen LogP contribution < -0.4 is 0 Å². The van der Waals surface area contributed by atoms with E-state index in [0.29, 0.717) is 11.2 Å². The molecule has 1 aliphatic rings. The van der Waals surface area contributed by atoms with Crippen LogP contribution in [0.4, 0.5) is 0 Å². The summed E-state index contributed by atoms with van der Waals surface area (Å²) in [5.74, 6) is -2.19. The first-order valence-electron chi connectivity index (χ1n) is 14.2. The molecule has 0 unspecified atom stereocenters. The van der Waals surface area contributed by atoms with Crippen LogP contribution >= 0.6 is 11.6 Å². The number of ether oxygens (including phenoxy) is 5. The Morgan fingerprint density at radius 1 is 0.717 bits per heavy atom. The Hall–Kier alpha value is -5.17. The second-order valence-electron chi connectivity index (χ2n) is 10.2. The van der Waals surface area contributed by atoms with Gasteiger partial charge in [-0.15, -0.1) is 0 Å². The van der Waals surface area contributed by atoms with Gasteiger partial charge < -0.3 is 28.3 Å².